The topological polar surface area (TPSA) is 81.7 Å². The van der Waals surface area contributed by atoms with Crippen LogP contribution >= 0.6 is 0 Å². The molecule has 1 aliphatic rings. The summed E-state index contributed by atoms with van der Waals surface area (Å²) in [4.78, 5) is 24.5. The van der Waals surface area contributed by atoms with E-state index in [2.05, 4.69) is 31.4 Å². The molecular formula is C15H29N3O3. The molecule has 0 atom stereocenters. The first-order valence-electron chi connectivity index (χ1n) is 7.77. The van der Waals surface area contributed by atoms with Crippen molar-refractivity contribution in [1.29, 1.82) is 0 Å². The Morgan fingerprint density at radius 2 is 1.90 bits per heavy atom. The van der Waals surface area contributed by atoms with Crippen LogP contribution in [-0.2, 0) is 4.79 Å². The van der Waals surface area contributed by atoms with Gasteiger partial charge in [-0.1, -0.05) is 27.7 Å². The SMILES string of the molecule is CCN(CC(=O)O)C1CC(NC(=O)NCC(C)(C)CC)C1. The molecule has 6 heteroatoms. The molecule has 0 heterocycles. The fraction of sp³-hybridized carbons (Fsp3) is 0.867. The van der Waals surface area contributed by atoms with E-state index in [1.807, 2.05) is 11.8 Å². The van der Waals surface area contributed by atoms with Gasteiger partial charge < -0.3 is 15.7 Å². The van der Waals surface area contributed by atoms with E-state index >= 15 is 0 Å². The first kappa shape index (κ1) is 17.8. The lowest BCUT2D eigenvalue weighted by Crippen LogP contribution is -2.56. The van der Waals surface area contributed by atoms with Gasteiger partial charge in [-0.2, -0.15) is 0 Å². The highest BCUT2D eigenvalue weighted by molar-refractivity contribution is 5.74. The smallest absolute Gasteiger partial charge is 0.317 e. The van der Waals surface area contributed by atoms with Gasteiger partial charge in [0.1, 0.15) is 0 Å². The molecule has 0 aliphatic heterocycles. The zero-order valence-electron chi connectivity index (χ0n) is 13.6. The van der Waals surface area contributed by atoms with Crippen LogP contribution < -0.4 is 10.6 Å². The molecule has 3 N–H and O–H groups in total. The van der Waals surface area contributed by atoms with Crippen LogP contribution in [0.2, 0.25) is 0 Å². The van der Waals surface area contributed by atoms with E-state index in [-0.39, 0.29) is 30.1 Å². The summed E-state index contributed by atoms with van der Waals surface area (Å²) in [5.41, 5.74) is 0.111. The molecule has 0 aromatic rings. The van der Waals surface area contributed by atoms with Gasteiger partial charge in [-0.3, -0.25) is 9.69 Å². The summed E-state index contributed by atoms with van der Waals surface area (Å²) in [5.74, 6) is -0.798. The second-order valence-corrected chi connectivity index (χ2v) is 6.62. The highest BCUT2D eigenvalue weighted by Gasteiger charge is 2.34. The average molecular weight is 299 g/mol. The molecule has 2 amide bonds. The number of aliphatic carboxylic acids is 1. The Bertz CT molecular complexity index is 365. The Morgan fingerprint density at radius 3 is 2.38 bits per heavy atom. The van der Waals surface area contributed by atoms with E-state index in [4.69, 9.17) is 5.11 Å². The Hall–Kier alpha value is -1.30. The standard InChI is InChI=1S/C15H29N3O3/c1-5-15(3,4)10-16-14(21)17-11-7-12(8-11)18(6-2)9-13(19)20/h11-12H,5-10H2,1-4H3,(H,19,20)(H2,16,17,21). The lowest BCUT2D eigenvalue weighted by Gasteiger charge is -2.42. The van der Waals surface area contributed by atoms with Gasteiger partial charge >= 0.3 is 12.0 Å². The van der Waals surface area contributed by atoms with Crippen molar-refractivity contribution in [2.75, 3.05) is 19.6 Å². The number of nitrogens with one attached hydrogen (secondary N) is 2. The maximum atomic E-state index is 11.8. The molecule has 0 radical (unpaired) electrons. The predicted octanol–water partition coefficient (Wildman–Crippen LogP) is 1.66. The van der Waals surface area contributed by atoms with E-state index < -0.39 is 5.97 Å². The normalized spacial score (nSPS) is 21.8. The van der Waals surface area contributed by atoms with Crippen LogP contribution in [0.4, 0.5) is 4.79 Å². The van der Waals surface area contributed by atoms with E-state index in [1.165, 1.54) is 0 Å². The van der Waals surface area contributed by atoms with Crippen molar-refractivity contribution in [1.82, 2.24) is 15.5 Å². The van der Waals surface area contributed by atoms with Crippen LogP contribution in [0, 0.1) is 5.41 Å². The number of carboxylic acid groups (broad SMARTS) is 1. The summed E-state index contributed by atoms with van der Waals surface area (Å²) in [7, 11) is 0. The first-order valence-corrected chi connectivity index (χ1v) is 7.77. The van der Waals surface area contributed by atoms with Crippen LogP contribution in [0.1, 0.15) is 47.0 Å². The summed E-state index contributed by atoms with van der Waals surface area (Å²) >= 11 is 0. The number of carboxylic acids is 1. The number of rotatable bonds is 8. The summed E-state index contributed by atoms with van der Waals surface area (Å²) < 4.78 is 0. The highest BCUT2D eigenvalue weighted by Crippen LogP contribution is 2.25. The van der Waals surface area contributed by atoms with E-state index in [0.717, 1.165) is 25.8 Å². The Balaban J connectivity index is 2.25. The van der Waals surface area contributed by atoms with Crippen LogP contribution in [-0.4, -0.2) is 53.7 Å². The average Bonchev–Trinajstić information content (AvgIpc) is 2.37. The summed E-state index contributed by atoms with van der Waals surface area (Å²) in [5, 5.41) is 14.7. The number of nitrogens with zero attached hydrogens (tertiary/aromatic N) is 1. The third-order valence-corrected chi connectivity index (χ3v) is 4.39. The predicted molar refractivity (Wildman–Crippen MR) is 82.3 cm³/mol. The van der Waals surface area contributed by atoms with Crippen LogP contribution in [0.5, 0.6) is 0 Å². The molecule has 0 unspecified atom stereocenters. The zero-order chi connectivity index (χ0) is 16.0. The van der Waals surface area contributed by atoms with Gasteiger partial charge in [0.25, 0.3) is 0 Å². The molecule has 0 bridgehead atoms. The van der Waals surface area contributed by atoms with Crippen LogP contribution in [0.15, 0.2) is 0 Å². The molecule has 0 spiro atoms. The minimum atomic E-state index is -0.798. The van der Waals surface area contributed by atoms with Gasteiger partial charge in [-0.05, 0) is 31.2 Å². The summed E-state index contributed by atoms with van der Waals surface area (Å²) in [6, 6.07) is 0.298. The Labute approximate surface area is 127 Å². The molecule has 0 aromatic carbocycles. The number of carbonyl (C=O) groups excluding carboxylic acids is 1. The Morgan fingerprint density at radius 1 is 1.29 bits per heavy atom. The lowest BCUT2D eigenvalue weighted by atomic mass is 9.85. The molecule has 1 saturated carbocycles. The summed E-state index contributed by atoms with van der Waals surface area (Å²) in [6.45, 7) is 9.77. The maximum Gasteiger partial charge on any atom is 0.317 e. The Kier molecular flexibility index (Phi) is 6.45. The maximum absolute atomic E-state index is 11.8. The largest absolute Gasteiger partial charge is 0.480 e. The van der Waals surface area contributed by atoms with E-state index in [0.29, 0.717) is 6.54 Å². The molecule has 122 valence electrons. The second kappa shape index (κ2) is 7.64. The molecule has 0 saturated heterocycles. The van der Waals surface area contributed by atoms with Crippen molar-refractivity contribution < 1.29 is 14.7 Å². The third-order valence-electron chi connectivity index (χ3n) is 4.39. The van der Waals surface area contributed by atoms with E-state index in [9.17, 15) is 9.59 Å². The van der Waals surface area contributed by atoms with Gasteiger partial charge in [0.15, 0.2) is 0 Å². The molecule has 6 nitrogen and oxygen atoms in total. The van der Waals surface area contributed by atoms with E-state index in [1.54, 1.807) is 0 Å². The van der Waals surface area contributed by atoms with Crippen molar-refractivity contribution in [3.8, 4) is 0 Å². The molecular weight excluding hydrogens is 270 g/mol. The quantitative estimate of drug-likeness (QED) is 0.636. The first-order chi connectivity index (χ1) is 9.77. The lowest BCUT2D eigenvalue weighted by molar-refractivity contribution is -0.139. The fourth-order valence-corrected chi connectivity index (χ4v) is 2.36. The minimum absolute atomic E-state index is 0.0742. The molecule has 0 aromatic heterocycles. The number of amides is 2. The van der Waals surface area contributed by atoms with Gasteiger partial charge in [-0.15, -0.1) is 0 Å². The van der Waals surface area contributed by atoms with Crippen molar-refractivity contribution in [2.24, 2.45) is 5.41 Å². The van der Waals surface area contributed by atoms with Gasteiger partial charge in [-0.25, -0.2) is 4.79 Å². The number of hydrogen-bond donors (Lipinski definition) is 3. The number of likely N-dealkylation sites (N-methyl/N-ethyl adjacent to an activating group) is 1. The van der Waals surface area contributed by atoms with Crippen molar-refractivity contribution in [3.05, 3.63) is 0 Å². The fourth-order valence-electron chi connectivity index (χ4n) is 2.36. The van der Waals surface area contributed by atoms with Crippen molar-refractivity contribution in [3.63, 3.8) is 0 Å². The molecule has 21 heavy (non-hydrogen) atoms. The highest BCUT2D eigenvalue weighted by atomic mass is 16.4. The molecule has 1 aliphatic carbocycles. The van der Waals surface area contributed by atoms with Gasteiger partial charge in [0.2, 0.25) is 0 Å². The van der Waals surface area contributed by atoms with Crippen LogP contribution in [0.3, 0.4) is 0 Å². The second-order valence-electron chi connectivity index (χ2n) is 6.62. The monoisotopic (exact) mass is 299 g/mol. The number of urea groups is 1. The van der Waals surface area contributed by atoms with Crippen molar-refractivity contribution in [2.45, 2.75) is 59.0 Å². The van der Waals surface area contributed by atoms with Gasteiger partial charge in [0, 0.05) is 18.6 Å². The van der Waals surface area contributed by atoms with Crippen molar-refractivity contribution >= 4 is 12.0 Å². The van der Waals surface area contributed by atoms with Gasteiger partial charge in [0.05, 0.1) is 6.54 Å². The third kappa shape index (κ3) is 5.91. The molecule has 1 rings (SSSR count). The minimum Gasteiger partial charge on any atom is -0.480 e. The zero-order valence-corrected chi connectivity index (χ0v) is 13.6. The molecule has 1 fully saturated rings. The van der Waals surface area contributed by atoms with Crippen LogP contribution in [0.25, 0.3) is 0 Å². The summed E-state index contributed by atoms with van der Waals surface area (Å²) in [6.07, 6.45) is 2.66. The number of hydrogen-bond acceptors (Lipinski definition) is 3. The number of carbonyl (C=O) groups is 2.